The molecule has 7 heteroatoms. The minimum Gasteiger partial charge on any atom is -0.381 e. The SMILES string of the molecule is COC(C)CS(=O)(=O)NCC1=CCNCC1.Cl. The summed E-state index contributed by atoms with van der Waals surface area (Å²) in [4.78, 5) is 0. The van der Waals surface area contributed by atoms with Crippen LogP contribution < -0.4 is 10.0 Å². The molecule has 0 saturated heterocycles. The summed E-state index contributed by atoms with van der Waals surface area (Å²) in [6.45, 7) is 3.90. The van der Waals surface area contributed by atoms with Gasteiger partial charge in [-0.3, -0.25) is 0 Å². The van der Waals surface area contributed by atoms with Crippen molar-refractivity contribution in [2.45, 2.75) is 19.4 Å². The van der Waals surface area contributed by atoms with E-state index >= 15 is 0 Å². The van der Waals surface area contributed by atoms with Gasteiger partial charge in [0.05, 0.1) is 11.9 Å². The van der Waals surface area contributed by atoms with Crippen molar-refractivity contribution in [1.82, 2.24) is 10.0 Å². The molecule has 1 heterocycles. The van der Waals surface area contributed by atoms with E-state index in [-0.39, 0.29) is 24.3 Å². The molecular weight excluding hydrogens is 264 g/mol. The molecule has 0 radical (unpaired) electrons. The van der Waals surface area contributed by atoms with Gasteiger partial charge in [0.25, 0.3) is 0 Å². The van der Waals surface area contributed by atoms with Gasteiger partial charge in [-0.1, -0.05) is 11.6 Å². The largest absolute Gasteiger partial charge is 0.381 e. The molecular formula is C10H21ClN2O3S. The van der Waals surface area contributed by atoms with Crippen molar-refractivity contribution < 1.29 is 13.2 Å². The highest BCUT2D eigenvalue weighted by molar-refractivity contribution is 7.89. The van der Waals surface area contributed by atoms with Crippen LogP contribution in [0.25, 0.3) is 0 Å². The molecule has 1 unspecified atom stereocenters. The van der Waals surface area contributed by atoms with E-state index < -0.39 is 10.0 Å². The zero-order valence-corrected chi connectivity index (χ0v) is 11.9. The molecule has 1 atom stereocenters. The Labute approximate surface area is 109 Å². The molecule has 0 aromatic carbocycles. The molecule has 2 N–H and O–H groups in total. The molecule has 1 aliphatic rings. The van der Waals surface area contributed by atoms with Gasteiger partial charge in [0.2, 0.25) is 10.0 Å². The molecule has 17 heavy (non-hydrogen) atoms. The summed E-state index contributed by atoms with van der Waals surface area (Å²) in [5, 5.41) is 3.18. The lowest BCUT2D eigenvalue weighted by molar-refractivity contribution is 0.136. The predicted octanol–water partition coefficient (Wildman–Crippen LogP) is 0.282. The maximum Gasteiger partial charge on any atom is 0.214 e. The van der Waals surface area contributed by atoms with E-state index in [9.17, 15) is 8.42 Å². The minimum absolute atomic E-state index is 0. The number of ether oxygens (including phenoxy) is 1. The van der Waals surface area contributed by atoms with E-state index in [0.717, 1.165) is 25.1 Å². The van der Waals surface area contributed by atoms with Crippen LogP contribution in [0.1, 0.15) is 13.3 Å². The maximum absolute atomic E-state index is 11.6. The van der Waals surface area contributed by atoms with Crippen LogP contribution in [0.4, 0.5) is 0 Å². The normalized spacial score (nSPS) is 18.1. The van der Waals surface area contributed by atoms with Gasteiger partial charge in [-0.25, -0.2) is 13.1 Å². The Kier molecular flexibility index (Phi) is 7.98. The van der Waals surface area contributed by atoms with Gasteiger partial charge in [0.1, 0.15) is 0 Å². The molecule has 0 aromatic heterocycles. The zero-order valence-electron chi connectivity index (χ0n) is 10.2. The topological polar surface area (TPSA) is 67.4 Å². The lowest BCUT2D eigenvalue weighted by atomic mass is 10.1. The van der Waals surface area contributed by atoms with Crippen LogP contribution in [0.2, 0.25) is 0 Å². The maximum atomic E-state index is 11.6. The monoisotopic (exact) mass is 284 g/mol. The number of sulfonamides is 1. The first kappa shape index (κ1) is 16.9. The van der Waals surface area contributed by atoms with Gasteiger partial charge in [0.15, 0.2) is 0 Å². The van der Waals surface area contributed by atoms with Crippen LogP contribution >= 0.6 is 12.4 Å². The quantitative estimate of drug-likeness (QED) is 0.688. The number of nitrogens with one attached hydrogen (secondary N) is 2. The fourth-order valence-corrected chi connectivity index (χ4v) is 2.75. The Hall–Kier alpha value is -0.140. The molecule has 0 aliphatic carbocycles. The standard InChI is InChI=1S/C10H20N2O3S.ClH/c1-9(15-2)8-16(13,14)12-7-10-3-5-11-6-4-10;/h3,9,11-12H,4-8H2,1-2H3;1H. The molecule has 0 saturated carbocycles. The van der Waals surface area contributed by atoms with Gasteiger partial charge in [-0.2, -0.15) is 0 Å². The molecule has 0 aromatic rings. The van der Waals surface area contributed by atoms with Gasteiger partial charge in [-0.15, -0.1) is 12.4 Å². The number of halogens is 1. The molecule has 1 rings (SSSR count). The van der Waals surface area contributed by atoms with E-state index in [2.05, 4.69) is 10.0 Å². The fourth-order valence-electron chi connectivity index (χ4n) is 1.47. The van der Waals surface area contributed by atoms with Gasteiger partial charge >= 0.3 is 0 Å². The van der Waals surface area contributed by atoms with Crippen molar-refractivity contribution in [2.75, 3.05) is 32.5 Å². The molecule has 0 fully saturated rings. The third-order valence-electron chi connectivity index (χ3n) is 2.53. The third-order valence-corrected chi connectivity index (χ3v) is 4.03. The summed E-state index contributed by atoms with van der Waals surface area (Å²) in [6, 6.07) is 0. The summed E-state index contributed by atoms with van der Waals surface area (Å²) in [5.74, 6) is 0.00896. The summed E-state index contributed by atoms with van der Waals surface area (Å²) in [5.41, 5.74) is 1.15. The van der Waals surface area contributed by atoms with Crippen LogP contribution in [0, 0.1) is 0 Å². The smallest absolute Gasteiger partial charge is 0.214 e. The number of hydrogen-bond donors (Lipinski definition) is 2. The number of hydrogen-bond acceptors (Lipinski definition) is 4. The molecule has 102 valence electrons. The van der Waals surface area contributed by atoms with Crippen LogP contribution in [0.15, 0.2) is 11.6 Å². The first-order valence-electron chi connectivity index (χ1n) is 5.42. The van der Waals surface area contributed by atoms with E-state index in [1.165, 1.54) is 7.11 Å². The summed E-state index contributed by atoms with van der Waals surface area (Å²) >= 11 is 0. The minimum atomic E-state index is -3.23. The van der Waals surface area contributed by atoms with Crippen molar-refractivity contribution >= 4 is 22.4 Å². The van der Waals surface area contributed by atoms with Crippen molar-refractivity contribution in [3.8, 4) is 0 Å². The van der Waals surface area contributed by atoms with Crippen LogP contribution in [-0.4, -0.2) is 47.0 Å². The van der Waals surface area contributed by atoms with Crippen molar-refractivity contribution in [3.63, 3.8) is 0 Å². The molecule has 5 nitrogen and oxygen atoms in total. The van der Waals surface area contributed by atoms with Gasteiger partial charge in [-0.05, 0) is 19.9 Å². The highest BCUT2D eigenvalue weighted by atomic mass is 35.5. The summed E-state index contributed by atoms with van der Waals surface area (Å²) in [6.07, 6.45) is 2.66. The Morgan fingerprint density at radius 1 is 1.59 bits per heavy atom. The second-order valence-corrected chi connectivity index (χ2v) is 5.82. The lowest BCUT2D eigenvalue weighted by Crippen LogP contribution is -2.34. The van der Waals surface area contributed by atoms with E-state index in [4.69, 9.17) is 4.74 Å². The first-order chi connectivity index (χ1) is 7.53. The number of rotatable bonds is 6. The van der Waals surface area contributed by atoms with Crippen molar-refractivity contribution in [3.05, 3.63) is 11.6 Å². The van der Waals surface area contributed by atoms with Crippen molar-refractivity contribution in [1.29, 1.82) is 0 Å². The Balaban J connectivity index is 0.00000256. The summed E-state index contributed by atoms with van der Waals surface area (Å²) in [7, 11) is -1.72. The van der Waals surface area contributed by atoms with E-state index in [1.807, 2.05) is 6.08 Å². The second-order valence-electron chi connectivity index (χ2n) is 3.97. The highest BCUT2D eigenvalue weighted by Gasteiger charge is 2.15. The Bertz CT molecular complexity index is 343. The average Bonchev–Trinajstić information content (AvgIpc) is 2.27. The molecule has 0 amide bonds. The predicted molar refractivity (Wildman–Crippen MR) is 71.1 cm³/mol. The highest BCUT2D eigenvalue weighted by Crippen LogP contribution is 2.03. The van der Waals surface area contributed by atoms with Crippen LogP contribution in [0.3, 0.4) is 0 Å². The Morgan fingerprint density at radius 2 is 2.29 bits per heavy atom. The van der Waals surface area contributed by atoms with Crippen LogP contribution in [-0.2, 0) is 14.8 Å². The molecule has 0 spiro atoms. The van der Waals surface area contributed by atoms with E-state index in [1.54, 1.807) is 6.92 Å². The number of methoxy groups -OCH3 is 1. The Morgan fingerprint density at radius 3 is 2.82 bits per heavy atom. The van der Waals surface area contributed by atoms with Crippen molar-refractivity contribution in [2.24, 2.45) is 0 Å². The van der Waals surface area contributed by atoms with Gasteiger partial charge in [0, 0.05) is 20.2 Å². The molecule has 0 bridgehead atoms. The fraction of sp³-hybridized carbons (Fsp3) is 0.800. The first-order valence-corrected chi connectivity index (χ1v) is 7.07. The zero-order chi connectivity index (χ0) is 12.0. The van der Waals surface area contributed by atoms with Crippen LogP contribution in [0.5, 0.6) is 0 Å². The average molecular weight is 285 g/mol. The second kappa shape index (κ2) is 8.05. The molecule has 1 aliphatic heterocycles. The van der Waals surface area contributed by atoms with Gasteiger partial charge < -0.3 is 10.1 Å². The third kappa shape index (κ3) is 7.00. The lowest BCUT2D eigenvalue weighted by Gasteiger charge is -2.15. The summed E-state index contributed by atoms with van der Waals surface area (Å²) < 4.78 is 30.7. The van der Waals surface area contributed by atoms with E-state index in [0.29, 0.717) is 6.54 Å².